The van der Waals surface area contributed by atoms with Crippen LogP contribution in [-0.2, 0) is 7.05 Å². The van der Waals surface area contributed by atoms with Gasteiger partial charge in [0.1, 0.15) is 17.6 Å². The van der Waals surface area contributed by atoms with Crippen molar-refractivity contribution in [3.8, 4) is 11.3 Å². The number of aromatic nitrogens is 4. The largest absolute Gasteiger partial charge is 0.357 e. The minimum Gasteiger partial charge on any atom is -0.357 e. The lowest BCUT2D eigenvalue weighted by atomic mass is 10.1. The van der Waals surface area contributed by atoms with Gasteiger partial charge in [-0.3, -0.25) is 4.79 Å². The van der Waals surface area contributed by atoms with Crippen LogP contribution in [0.4, 0.5) is 0 Å². The number of H-pyrrole nitrogens is 1. The predicted octanol–water partition coefficient (Wildman–Crippen LogP) is 1.97. The fraction of sp³-hybridized carbons (Fsp3) is 0.353. The van der Waals surface area contributed by atoms with E-state index >= 15 is 0 Å². The standard InChI is InChI=1S/C17H20N6OS/c1-11-21-14(10-25-11)12-7-13(20-8-12)17(24)23-6-3-18-9-15(23)16-19-4-5-22(16)2/h4-5,7-8,10,15,18,20H,3,6,9H2,1-2H3. The van der Waals surface area contributed by atoms with Crippen LogP contribution in [0.5, 0.6) is 0 Å². The first-order valence-corrected chi connectivity index (χ1v) is 9.11. The van der Waals surface area contributed by atoms with Crippen LogP contribution in [0, 0.1) is 6.92 Å². The Morgan fingerprint density at radius 3 is 3.04 bits per heavy atom. The summed E-state index contributed by atoms with van der Waals surface area (Å²) in [6.07, 6.45) is 5.52. The van der Waals surface area contributed by atoms with E-state index in [4.69, 9.17) is 0 Å². The Balaban J connectivity index is 1.61. The molecule has 7 nitrogen and oxygen atoms in total. The fourth-order valence-electron chi connectivity index (χ4n) is 3.19. The molecular weight excluding hydrogens is 336 g/mol. The first-order valence-electron chi connectivity index (χ1n) is 8.23. The number of amides is 1. The maximum atomic E-state index is 13.1. The van der Waals surface area contributed by atoms with E-state index in [-0.39, 0.29) is 11.9 Å². The molecule has 1 saturated heterocycles. The van der Waals surface area contributed by atoms with E-state index in [2.05, 4.69) is 20.3 Å². The second-order valence-corrected chi connectivity index (χ2v) is 7.23. The molecule has 1 fully saturated rings. The third-order valence-corrected chi connectivity index (χ3v) is 5.26. The molecule has 2 N–H and O–H groups in total. The van der Waals surface area contributed by atoms with Crippen molar-refractivity contribution in [1.29, 1.82) is 0 Å². The second-order valence-electron chi connectivity index (χ2n) is 6.17. The fourth-order valence-corrected chi connectivity index (χ4v) is 3.81. The number of rotatable bonds is 3. The normalized spacial score (nSPS) is 17.8. The summed E-state index contributed by atoms with van der Waals surface area (Å²) in [6, 6.07) is 1.81. The highest BCUT2D eigenvalue weighted by Crippen LogP contribution is 2.26. The lowest BCUT2D eigenvalue weighted by Gasteiger charge is -2.35. The van der Waals surface area contributed by atoms with Gasteiger partial charge >= 0.3 is 0 Å². The van der Waals surface area contributed by atoms with Crippen molar-refractivity contribution < 1.29 is 4.79 Å². The lowest BCUT2D eigenvalue weighted by molar-refractivity contribution is 0.0615. The molecule has 0 radical (unpaired) electrons. The van der Waals surface area contributed by atoms with Gasteiger partial charge in [-0.2, -0.15) is 0 Å². The molecule has 25 heavy (non-hydrogen) atoms. The molecule has 0 spiro atoms. The van der Waals surface area contributed by atoms with Crippen molar-refractivity contribution in [1.82, 2.24) is 29.7 Å². The van der Waals surface area contributed by atoms with Crippen molar-refractivity contribution in [2.75, 3.05) is 19.6 Å². The number of piperazine rings is 1. The molecule has 4 heterocycles. The third kappa shape index (κ3) is 2.98. The molecule has 8 heteroatoms. The molecule has 0 saturated carbocycles. The van der Waals surface area contributed by atoms with Crippen molar-refractivity contribution in [3.63, 3.8) is 0 Å². The lowest BCUT2D eigenvalue weighted by Crippen LogP contribution is -2.49. The Labute approximate surface area is 149 Å². The van der Waals surface area contributed by atoms with E-state index in [1.165, 1.54) is 0 Å². The number of nitrogens with zero attached hydrogens (tertiary/aromatic N) is 4. The van der Waals surface area contributed by atoms with Gasteiger partial charge < -0.3 is 19.8 Å². The zero-order valence-corrected chi connectivity index (χ0v) is 15.0. The number of carbonyl (C=O) groups is 1. The quantitative estimate of drug-likeness (QED) is 0.752. The molecule has 0 bridgehead atoms. The van der Waals surface area contributed by atoms with Gasteiger partial charge in [0.15, 0.2) is 0 Å². The van der Waals surface area contributed by atoms with Crippen LogP contribution in [0.15, 0.2) is 30.0 Å². The predicted molar refractivity (Wildman–Crippen MR) is 96.5 cm³/mol. The summed E-state index contributed by atoms with van der Waals surface area (Å²) in [5, 5.41) is 6.38. The maximum Gasteiger partial charge on any atom is 0.270 e. The SMILES string of the molecule is Cc1nc(-c2c[nH]c(C(=O)N3CCNCC3c3nccn3C)c2)cs1. The molecule has 3 aromatic rings. The number of imidazole rings is 1. The number of thiazole rings is 1. The molecule has 130 valence electrons. The number of carbonyl (C=O) groups excluding carboxylic acids is 1. The first kappa shape index (κ1) is 16.0. The van der Waals surface area contributed by atoms with Gasteiger partial charge in [0.2, 0.25) is 0 Å². The molecule has 1 atom stereocenters. The number of aromatic amines is 1. The van der Waals surface area contributed by atoms with E-state index in [1.807, 2.05) is 47.3 Å². The summed E-state index contributed by atoms with van der Waals surface area (Å²) >= 11 is 1.61. The zero-order chi connectivity index (χ0) is 17.4. The van der Waals surface area contributed by atoms with Crippen molar-refractivity contribution in [2.24, 2.45) is 7.05 Å². The van der Waals surface area contributed by atoms with Crippen LogP contribution in [0.2, 0.25) is 0 Å². The van der Waals surface area contributed by atoms with Gasteiger partial charge in [-0.25, -0.2) is 9.97 Å². The highest BCUT2D eigenvalue weighted by Gasteiger charge is 2.31. The highest BCUT2D eigenvalue weighted by molar-refractivity contribution is 7.09. The maximum absolute atomic E-state index is 13.1. The number of hydrogen-bond donors (Lipinski definition) is 2. The molecule has 0 aliphatic carbocycles. The van der Waals surface area contributed by atoms with Gasteiger partial charge in [0.25, 0.3) is 5.91 Å². The van der Waals surface area contributed by atoms with E-state index < -0.39 is 0 Å². The zero-order valence-electron chi connectivity index (χ0n) is 14.2. The first-order chi connectivity index (χ1) is 12.1. The van der Waals surface area contributed by atoms with Crippen LogP contribution >= 0.6 is 11.3 Å². The highest BCUT2D eigenvalue weighted by atomic mass is 32.1. The average Bonchev–Trinajstić information content (AvgIpc) is 3.34. The molecule has 1 amide bonds. The summed E-state index contributed by atoms with van der Waals surface area (Å²) in [6.45, 7) is 4.12. The van der Waals surface area contributed by atoms with Gasteiger partial charge in [0, 0.05) is 56.2 Å². The number of nitrogens with one attached hydrogen (secondary N) is 2. The molecule has 1 aliphatic heterocycles. The van der Waals surface area contributed by atoms with Crippen LogP contribution in [0.1, 0.15) is 27.4 Å². The summed E-state index contributed by atoms with van der Waals surface area (Å²) in [5.74, 6) is 0.884. The Bertz CT molecular complexity index is 894. The van der Waals surface area contributed by atoms with Crippen LogP contribution in [0.3, 0.4) is 0 Å². The molecule has 0 aromatic carbocycles. The van der Waals surface area contributed by atoms with E-state index in [0.29, 0.717) is 18.8 Å². The summed E-state index contributed by atoms with van der Waals surface area (Å²) < 4.78 is 1.97. The number of hydrogen-bond acceptors (Lipinski definition) is 5. The van der Waals surface area contributed by atoms with Gasteiger partial charge in [-0.05, 0) is 13.0 Å². The van der Waals surface area contributed by atoms with Gasteiger partial charge in [-0.15, -0.1) is 11.3 Å². The summed E-state index contributed by atoms with van der Waals surface area (Å²) in [7, 11) is 1.96. The molecule has 1 unspecified atom stereocenters. The Hall–Kier alpha value is -2.45. The third-order valence-electron chi connectivity index (χ3n) is 4.49. The summed E-state index contributed by atoms with van der Waals surface area (Å²) in [5.41, 5.74) is 2.43. The monoisotopic (exact) mass is 356 g/mol. The van der Waals surface area contributed by atoms with Gasteiger partial charge in [0.05, 0.1) is 10.7 Å². The van der Waals surface area contributed by atoms with Crippen molar-refractivity contribution in [3.05, 3.63) is 46.6 Å². The summed E-state index contributed by atoms with van der Waals surface area (Å²) in [4.78, 5) is 27.0. The second kappa shape index (κ2) is 6.45. The van der Waals surface area contributed by atoms with E-state index in [9.17, 15) is 4.79 Å². The van der Waals surface area contributed by atoms with Crippen LogP contribution in [-0.4, -0.2) is 50.0 Å². The minimum atomic E-state index is -0.0745. The molecule has 3 aromatic heterocycles. The molecule has 1 aliphatic rings. The molecular formula is C17H20N6OS. The topological polar surface area (TPSA) is 78.8 Å². The van der Waals surface area contributed by atoms with E-state index in [0.717, 1.165) is 28.6 Å². The van der Waals surface area contributed by atoms with Crippen LogP contribution in [0.25, 0.3) is 11.3 Å². The Morgan fingerprint density at radius 1 is 1.44 bits per heavy atom. The number of aryl methyl sites for hydroxylation is 2. The smallest absolute Gasteiger partial charge is 0.270 e. The van der Waals surface area contributed by atoms with Gasteiger partial charge in [-0.1, -0.05) is 0 Å². The van der Waals surface area contributed by atoms with Crippen LogP contribution < -0.4 is 5.32 Å². The van der Waals surface area contributed by atoms with Crippen molar-refractivity contribution >= 4 is 17.2 Å². The minimum absolute atomic E-state index is 0.00676. The Kier molecular flexibility index (Phi) is 4.14. The van der Waals surface area contributed by atoms with Crippen molar-refractivity contribution in [2.45, 2.75) is 13.0 Å². The average molecular weight is 356 g/mol. The Morgan fingerprint density at radius 2 is 2.32 bits per heavy atom. The molecule has 4 rings (SSSR count). The van der Waals surface area contributed by atoms with E-state index in [1.54, 1.807) is 17.5 Å².